The molecule has 0 aliphatic carbocycles. The minimum absolute atomic E-state index is 0.0649. The van der Waals surface area contributed by atoms with Crippen LogP contribution in [-0.2, 0) is 9.47 Å². The summed E-state index contributed by atoms with van der Waals surface area (Å²) in [6, 6.07) is 13.7. The molecule has 2 aromatic heterocycles. The number of hydrogen-bond donors (Lipinski definition) is 1. The molecule has 3 heterocycles. The predicted octanol–water partition coefficient (Wildman–Crippen LogP) is 4.11. The molecule has 1 saturated heterocycles. The lowest BCUT2D eigenvalue weighted by molar-refractivity contribution is 0.0163. The standard InChI is InChI=1S/C24H24N4O3/c1-14-10-15(2)12-16(11-14)28-22(25)20(24(29)31-13-17-6-5-9-30-17)21-23(28)27-19-8-4-3-7-18(19)26-21/h3-4,7-8,10-12,17H,5-6,9,13,25H2,1-2H3/t17-/m1/s1. The van der Waals surface area contributed by atoms with E-state index in [1.165, 1.54) is 0 Å². The average molecular weight is 416 g/mol. The summed E-state index contributed by atoms with van der Waals surface area (Å²) in [5.41, 5.74) is 12.2. The Kier molecular flexibility index (Phi) is 4.82. The minimum Gasteiger partial charge on any atom is -0.459 e. The number of nitrogen functional groups attached to an aromatic ring is 1. The highest BCUT2D eigenvalue weighted by atomic mass is 16.6. The quantitative estimate of drug-likeness (QED) is 0.504. The molecule has 0 saturated carbocycles. The van der Waals surface area contributed by atoms with E-state index in [2.05, 4.69) is 6.07 Å². The van der Waals surface area contributed by atoms with Crippen molar-refractivity contribution in [3.05, 3.63) is 59.2 Å². The Morgan fingerprint density at radius 3 is 2.55 bits per heavy atom. The molecule has 1 atom stereocenters. The van der Waals surface area contributed by atoms with Gasteiger partial charge in [-0.1, -0.05) is 18.2 Å². The van der Waals surface area contributed by atoms with Gasteiger partial charge in [0.15, 0.2) is 5.65 Å². The second-order valence-electron chi connectivity index (χ2n) is 8.06. The van der Waals surface area contributed by atoms with Crippen molar-refractivity contribution in [2.24, 2.45) is 0 Å². The van der Waals surface area contributed by atoms with Crippen LogP contribution in [0.15, 0.2) is 42.5 Å². The molecular formula is C24H24N4O3. The van der Waals surface area contributed by atoms with Gasteiger partial charge in [0.25, 0.3) is 0 Å². The summed E-state index contributed by atoms with van der Waals surface area (Å²) in [7, 11) is 0. The molecule has 0 bridgehead atoms. The summed E-state index contributed by atoms with van der Waals surface area (Å²) in [5.74, 6) is -0.238. The molecule has 1 fully saturated rings. The van der Waals surface area contributed by atoms with Gasteiger partial charge >= 0.3 is 5.97 Å². The van der Waals surface area contributed by atoms with E-state index in [1.807, 2.05) is 50.2 Å². The first kappa shape index (κ1) is 19.5. The fourth-order valence-corrected chi connectivity index (χ4v) is 4.22. The van der Waals surface area contributed by atoms with E-state index in [4.69, 9.17) is 25.2 Å². The maximum Gasteiger partial charge on any atom is 0.344 e. The van der Waals surface area contributed by atoms with Gasteiger partial charge in [-0.15, -0.1) is 0 Å². The highest BCUT2D eigenvalue weighted by Crippen LogP contribution is 2.32. The number of fused-ring (bicyclic) bond motifs is 2. The number of aryl methyl sites for hydroxylation is 2. The molecule has 0 unspecified atom stereocenters. The highest BCUT2D eigenvalue weighted by molar-refractivity contribution is 6.09. The first-order chi connectivity index (χ1) is 15.0. The molecule has 0 amide bonds. The fourth-order valence-electron chi connectivity index (χ4n) is 4.22. The van der Waals surface area contributed by atoms with Crippen LogP contribution in [0.5, 0.6) is 0 Å². The third-order valence-electron chi connectivity index (χ3n) is 5.59. The van der Waals surface area contributed by atoms with Gasteiger partial charge in [-0.3, -0.25) is 4.57 Å². The summed E-state index contributed by atoms with van der Waals surface area (Å²) in [6.07, 6.45) is 1.80. The molecule has 7 heteroatoms. The van der Waals surface area contributed by atoms with Gasteiger partial charge < -0.3 is 15.2 Å². The Morgan fingerprint density at radius 2 is 1.87 bits per heavy atom. The Labute approximate surface area is 179 Å². The van der Waals surface area contributed by atoms with Crippen LogP contribution in [0.3, 0.4) is 0 Å². The molecule has 158 valence electrons. The monoisotopic (exact) mass is 416 g/mol. The number of esters is 1. The third kappa shape index (κ3) is 3.51. The van der Waals surface area contributed by atoms with Crippen molar-refractivity contribution < 1.29 is 14.3 Å². The van der Waals surface area contributed by atoms with Crippen molar-refractivity contribution in [1.82, 2.24) is 14.5 Å². The van der Waals surface area contributed by atoms with Gasteiger partial charge in [0.2, 0.25) is 0 Å². The fraction of sp³-hybridized carbons (Fsp3) is 0.292. The van der Waals surface area contributed by atoms with Crippen LogP contribution in [0.2, 0.25) is 0 Å². The van der Waals surface area contributed by atoms with Gasteiger partial charge in [-0.2, -0.15) is 0 Å². The number of rotatable bonds is 4. The number of aromatic nitrogens is 3. The zero-order valence-electron chi connectivity index (χ0n) is 17.6. The van der Waals surface area contributed by atoms with Crippen LogP contribution in [0.4, 0.5) is 5.82 Å². The molecule has 2 N–H and O–H groups in total. The smallest absolute Gasteiger partial charge is 0.344 e. The number of hydrogen-bond acceptors (Lipinski definition) is 6. The van der Waals surface area contributed by atoms with Crippen molar-refractivity contribution >= 4 is 34.0 Å². The number of nitrogens with two attached hydrogens (primary N) is 1. The minimum atomic E-state index is -0.509. The van der Waals surface area contributed by atoms with Crippen molar-refractivity contribution in [2.75, 3.05) is 18.9 Å². The zero-order valence-corrected chi connectivity index (χ0v) is 17.6. The first-order valence-electron chi connectivity index (χ1n) is 10.5. The third-order valence-corrected chi connectivity index (χ3v) is 5.59. The molecule has 4 aromatic rings. The maximum absolute atomic E-state index is 13.1. The molecule has 0 radical (unpaired) electrons. The number of carbonyl (C=O) groups is 1. The van der Waals surface area contributed by atoms with Crippen LogP contribution < -0.4 is 5.73 Å². The second kappa shape index (κ2) is 7.67. The van der Waals surface area contributed by atoms with E-state index in [0.717, 1.165) is 35.2 Å². The lowest BCUT2D eigenvalue weighted by atomic mass is 10.1. The molecule has 1 aliphatic rings. The summed E-state index contributed by atoms with van der Waals surface area (Å²) in [5, 5.41) is 0. The van der Waals surface area contributed by atoms with Crippen LogP contribution in [0.1, 0.15) is 34.3 Å². The lowest BCUT2D eigenvalue weighted by Gasteiger charge is -2.11. The summed E-state index contributed by atoms with van der Waals surface area (Å²) in [4.78, 5) is 22.6. The zero-order chi connectivity index (χ0) is 21.5. The Morgan fingerprint density at radius 1 is 1.16 bits per heavy atom. The first-order valence-corrected chi connectivity index (χ1v) is 10.5. The molecule has 5 rings (SSSR count). The maximum atomic E-state index is 13.1. The molecule has 0 spiro atoms. The molecule has 7 nitrogen and oxygen atoms in total. The van der Waals surface area contributed by atoms with Gasteiger partial charge in [-0.25, -0.2) is 14.8 Å². The number of ether oxygens (including phenoxy) is 2. The Balaban J connectivity index is 1.69. The lowest BCUT2D eigenvalue weighted by Crippen LogP contribution is -2.18. The topological polar surface area (TPSA) is 92.3 Å². The molecular weight excluding hydrogens is 392 g/mol. The number of carbonyl (C=O) groups excluding carboxylic acids is 1. The summed E-state index contributed by atoms with van der Waals surface area (Å²) >= 11 is 0. The van der Waals surface area contributed by atoms with Crippen molar-refractivity contribution in [3.63, 3.8) is 0 Å². The van der Waals surface area contributed by atoms with Gasteiger partial charge in [-0.05, 0) is 62.1 Å². The van der Waals surface area contributed by atoms with Crippen molar-refractivity contribution in [2.45, 2.75) is 32.8 Å². The summed E-state index contributed by atoms with van der Waals surface area (Å²) in [6.45, 7) is 4.95. The van der Waals surface area contributed by atoms with Gasteiger partial charge in [0, 0.05) is 12.3 Å². The van der Waals surface area contributed by atoms with Crippen LogP contribution in [0, 0.1) is 13.8 Å². The Hall–Kier alpha value is -3.45. The number of benzene rings is 2. The second-order valence-corrected chi connectivity index (χ2v) is 8.06. The average Bonchev–Trinajstić information content (AvgIpc) is 3.35. The van der Waals surface area contributed by atoms with Crippen LogP contribution in [0.25, 0.3) is 27.9 Å². The normalized spacial score (nSPS) is 16.3. The molecule has 31 heavy (non-hydrogen) atoms. The van der Waals surface area contributed by atoms with E-state index in [9.17, 15) is 4.79 Å². The van der Waals surface area contributed by atoms with Crippen LogP contribution in [-0.4, -0.2) is 39.8 Å². The van der Waals surface area contributed by atoms with Gasteiger partial charge in [0.05, 0.1) is 17.1 Å². The van der Waals surface area contributed by atoms with Gasteiger partial charge in [0.1, 0.15) is 23.5 Å². The van der Waals surface area contributed by atoms with E-state index in [0.29, 0.717) is 23.3 Å². The Bertz CT molecular complexity index is 1290. The van der Waals surface area contributed by atoms with E-state index < -0.39 is 5.97 Å². The molecule has 2 aromatic carbocycles. The SMILES string of the molecule is Cc1cc(C)cc(-n2c(N)c(C(=O)OC[C@H]3CCCO3)c3nc4ccccc4nc32)c1. The molecule has 1 aliphatic heterocycles. The van der Waals surface area contributed by atoms with E-state index >= 15 is 0 Å². The number of anilines is 1. The number of nitrogens with zero attached hydrogens (tertiary/aromatic N) is 3. The number of para-hydroxylation sites is 2. The highest BCUT2D eigenvalue weighted by Gasteiger charge is 2.27. The predicted molar refractivity (Wildman–Crippen MR) is 120 cm³/mol. The van der Waals surface area contributed by atoms with E-state index in [-0.39, 0.29) is 24.1 Å². The largest absolute Gasteiger partial charge is 0.459 e. The van der Waals surface area contributed by atoms with Crippen LogP contribution >= 0.6 is 0 Å². The van der Waals surface area contributed by atoms with Crippen molar-refractivity contribution in [3.8, 4) is 5.69 Å². The van der Waals surface area contributed by atoms with E-state index in [1.54, 1.807) is 4.57 Å². The van der Waals surface area contributed by atoms with Crippen molar-refractivity contribution in [1.29, 1.82) is 0 Å². The summed E-state index contributed by atoms with van der Waals surface area (Å²) < 4.78 is 12.9.